The molecule has 0 saturated heterocycles. The Kier molecular flexibility index (Phi) is 5.83. The molecule has 0 radical (unpaired) electrons. The Morgan fingerprint density at radius 2 is 2.10 bits per heavy atom. The second-order valence-electron chi connectivity index (χ2n) is 4.59. The summed E-state index contributed by atoms with van der Waals surface area (Å²) in [6.45, 7) is 3.34. The molecule has 3 N–H and O–H groups in total. The van der Waals surface area contributed by atoms with Crippen molar-refractivity contribution in [2.24, 2.45) is 0 Å². The first-order valence-electron chi connectivity index (χ1n) is 6.06. The fraction of sp³-hybridized carbons (Fsp3) is 0.385. The van der Waals surface area contributed by atoms with Gasteiger partial charge < -0.3 is 15.7 Å². The molecule has 0 saturated carbocycles. The average Bonchev–Trinajstić information content (AvgIpc) is 2.32. The van der Waals surface area contributed by atoms with Crippen molar-refractivity contribution < 1.29 is 14.7 Å². The third-order valence-corrected chi connectivity index (χ3v) is 3.68. The molecule has 0 aromatic heterocycles. The minimum atomic E-state index is -1.29. The molecule has 0 bridgehead atoms. The number of aliphatic carboxylic acids is 1. The van der Waals surface area contributed by atoms with Gasteiger partial charge in [0.15, 0.2) is 0 Å². The first-order valence-corrected chi connectivity index (χ1v) is 7.23. The maximum Gasteiger partial charge on any atom is 0.329 e. The number of carbonyl (C=O) groups is 2. The molecule has 1 aromatic rings. The molecule has 0 aliphatic rings. The summed E-state index contributed by atoms with van der Waals surface area (Å²) in [4.78, 5) is 23.1. The molecule has 1 unspecified atom stereocenters. The highest BCUT2D eigenvalue weighted by molar-refractivity contribution is 9.10. The third kappa shape index (κ3) is 4.38. The van der Waals surface area contributed by atoms with Crippen molar-refractivity contribution in [1.82, 2.24) is 5.32 Å². The number of rotatable bonds is 5. The minimum absolute atomic E-state index is 0.345. The molecular formula is C13H16BrClN2O3. The van der Waals surface area contributed by atoms with E-state index in [9.17, 15) is 14.7 Å². The zero-order chi connectivity index (χ0) is 15.3. The number of hydrogen-bond acceptors (Lipinski definition) is 2. The smallest absolute Gasteiger partial charge is 0.329 e. The Bertz CT molecular complexity index is 524. The molecule has 7 heteroatoms. The molecular weight excluding hydrogens is 348 g/mol. The molecule has 0 spiro atoms. The van der Waals surface area contributed by atoms with Gasteiger partial charge in [0.1, 0.15) is 5.54 Å². The number of carboxylic acids is 1. The summed E-state index contributed by atoms with van der Waals surface area (Å²) in [5.74, 6) is -1.07. The van der Waals surface area contributed by atoms with Crippen molar-refractivity contribution in [3.8, 4) is 0 Å². The summed E-state index contributed by atoms with van der Waals surface area (Å²) in [6.07, 6.45) is 0.991. The van der Waals surface area contributed by atoms with Crippen LogP contribution in [-0.4, -0.2) is 22.6 Å². The third-order valence-electron chi connectivity index (χ3n) is 2.79. The zero-order valence-electron chi connectivity index (χ0n) is 11.2. The average molecular weight is 364 g/mol. The number of nitrogens with one attached hydrogen (secondary N) is 2. The van der Waals surface area contributed by atoms with Crippen LogP contribution >= 0.6 is 27.5 Å². The summed E-state index contributed by atoms with van der Waals surface area (Å²) in [6, 6.07) is 4.32. The van der Waals surface area contributed by atoms with Gasteiger partial charge in [-0.1, -0.05) is 24.9 Å². The van der Waals surface area contributed by atoms with E-state index in [1.165, 1.54) is 6.92 Å². The normalized spacial score (nSPS) is 13.4. The lowest BCUT2D eigenvalue weighted by Crippen LogP contribution is -2.53. The highest BCUT2D eigenvalue weighted by atomic mass is 79.9. The van der Waals surface area contributed by atoms with E-state index >= 15 is 0 Å². The standard InChI is InChI=1S/C13H16BrClN2O3/c1-3-6-13(2,11(18)19)17-12(20)16-10-5-4-8(15)7-9(10)14/h4-5,7H,3,6H2,1-2H3,(H,18,19)(H2,16,17,20). The zero-order valence-corrected chi connectivity index (χ0v) is 13.5. The fourth-order valence-corrected chi connectivity index (χ4v) is 2.50. The number of hydrogen-bond donors (Lipinski definition) is 3. The first kappa shape index (κ1) is 16.8. The molecule has 1 atom stereocenters. The van der Waals surface area contributed by atoms with E-state index in [-0.39, 0.29) is 0 Å². The number of carboxylic acid groups (broad SMARTS) is 1. The summed E-state index contributed by atoms with van der Waals surface area (Å²) in [7, 11) is 0. The molecule has 0 fully saturated rings. The van der Waals surface area contributed by atoms with E-state index in [1.54, 1.807) is 18.2 Å². The number of anilines is 1. The number of carbonyl (C=O) groups excluding carboxylic acids is 1. The van der Waals surface area contributed by atoms with Crippen molar-refractivity contribution in [3.05, 3.63) is 27.7 Å². The summed E-state index contributed by atoms with van der Waals surface area (Å²) in [5.41, 5.74) is -0.784. The maximum atomic E-state index is 11.9. The second kappa shape index (κ2) is 6.95. The molecule has 0 heterocycles. The Morgan fingerprint density at radius 1 is 1.45 bits per heavy atom. The van der Waals surface area contributed by atoms with Gasteiger partial charge in [0.05, 0.1) is 5.69 Å². The minimum Gasteiger partial charge on any atom is -0.480 e. The lowest BCUT2D eigenvalue weighted by Gasteiger charge is -2.26. The Morgan fingerprint density at radius 3 is 2.60 bits per heavy atom. The lowest BCUT2D eigenvalue weighted by atomic mass is 9.97. The summed E-state index contributed by atoms with van der Waals surface area (Å²) >= 11 is 9.08. The van der Waals surface area contributed by atoms with Crippen LogP contribution in [0.3, 0.4) is 0 Å². The number of urea groups is 1. The van der Waals surface area contributed by atoms with Gasteiger partial charge in [0, 0.05) is 9.50 Å². The van der Waals surface area contributed by atoms with Gasteiger partial charge in [-0.2, -0.15) is 0 Å². The molecule has 0 aliphatic heterocycles. The highest BCUT2D eigenvalue weighted by Crippen LogP contribution is 2.26. The molecule has 1 aromatic carbocycles. The predicted octanol–water partition coefficient (Wildman–Crippen LogP) is 3.87. The van der Waals surface area contributed by atoms with Crippen molar-refractivity contribution in [3.63, 3.8) is 0 Å². The molecule has 1 rings (SSSR count). The van der Waals surface area contributed by atoms with Crippen LogP contribution in [0.2, 0.25) is 5.02 Å². The molecule has 0 aliphatic carbocycles. The van der Waals surface area contributed by atoms with E-state index in [0.717, 1.165) is 0 Å². The van der Waals surface area contributed by atoms with E-state index in [1.807, 2.05) is 6.92 Å². The van der Waals surface area contributed by atoms with Crippen LogP contribution in [0, 0.1) is 0 Å². The fourth-order valence-electron chi connectivity index (χ4n) is 1.72. The number of halogens is 2. The van der Waals surface area contributed by atoms with Crippen molar-refractivity contribution in [2.45, 2.75) is 32.2 Å². The topological polar surface area (TPSA) is 78.4 Å². The van der Waals surface area contributed by atoms with E-state index in [4.69, 9.17) is 11.6 Å². The van der Waals surface area contributed by atoms with Crippen LogP contribution in [0.4, 0.5) is 10.5 Å². The number of amides is 2. The van der Waals surface area contributed by atoms with Gasteiger partial charge in [-0.15, -0.1) is 0 Å². The largest absolute Gasteiger partial charge is 0.480 e. The van der Waals surface area contributed by atoms with Crippen LogP contribution in [0.5, 0.6) is 0 Å². The van der Waals surface area contributed by atoms with Gasteiger partial charge in [-0.05, 0) is 47.5 Å². The first-order chi connectivity index (χ1) is 9.28. The van der Waals surface area contributed by atoms with Crippen LogP contribution in [-0.2, 0) is 4.79 Å². The Balaban J connectivity index is 2.78. The van der Waals surface area contributed by atoms with Crippen LogP contribution in [0.1, 0.15) is 26.7 Å². The maximum absolute atomic E-state index is 11.9. The van der Waals surface area contributed by atoms with Crippen molar-refractivity contribution in [2.75, 3.05) is 5.32 Å². The quantitative estimate of drug-likeness (QED) is 0.743. The van der Waals surface area contributed by atoms with Gasteiger partial charge in [0.25, 0.3) is 0 Å². The van der Waals surface area contributed by atoms with Crippen LogP contribution in [0.25, 0.3) is 0 Å². The predicted molar refractivity (Wildman–Crippen MR) is 82.3 cm³/mol. The Labute approximate surface area is 130 Å². The van der Waals surface area contributed by atoms with Gasteiger partial charge in [0.2, 0.25) is 0 Å². The highest BCUT2D eigenvalue weighted by Gasteiger charge is 2.33. The Hall–Kier alpha value is -1.27. The van der Waals surface area contributed by atoms with Gasteiger partial charge >= 0.3 is 12.0 Å². The van der Waals surface area contributed by atoms with Crippen molar-refractivity contribution >= 4 is 45.2 Å². The summed E-state index contributed by atoms with van der Waals surface area (Å²) in [5, 5.41) is 14.8. The molecule has 5 nitrogen and oxygen atoms in total. The van der Waals surface area contributed by atoms with Gasteiger partial charge in [-0.3, -0.25) is 0 Å². The molecule has 20 heavy (non-hydrogen) atoms. The molecule has 2 amide bonds. The van der Waals surface area contributed by atoms with Crippen LogP contribution < -0.4 is 10.6 Å². The molecule has 110 valence electrons. The monoisotopic (exact) mass is 362 g/mol. The van der Waals surface area contributed by atoms with E-state index in [0.29, 0.717) is 28.0 Å². The second-order valence-corrected chi connectivity index (χ2v) is 5.88. The van der Waals surface area contributed by atoms with Crippen molar-refractivity contribution in [1.29, 1.82) is 0 Å². The van der Waals surface area contributed by atoms with E-state index in [2.05, 4.69) is 26.6 Å². The van der Waals surface area contributed by atoms with Gasteiger partial charge in [-0.25, -0.2) is 9.59 Å². The van der Waals surface area contributed by atoms with Crippen LogP contribution in [0.15, 0.2) is 22.7 Å². The van der Waals surface area contributed by atoms with E-state index < -0.39 is 17.5 Å². The lowest BCUT2D eigenvalue weighted by molar-refractivity contribution is -0.143. The summed E-state index contributed by atoms with van der Waals surface area (Å²) < 4.78 is 0.618. The SMILES string of the molecule is CCCC(C)(NC(=O)Nc1ccc(Cl)cc1Br)C(=O)O. The number of benzene rings is 1.